The average Bonchev–Trinajstić information content (AvgIpc) is 2.15. The highest BCUT2D eigenvalue weighted by Gasteiger charge is 2.17. The van der Waals surface area contributed by atoms with Gasteiger partial charge in [-0.3, -0.25) is 19.1 Å². The summed E-state index contributed by atoms with van der Waals surface area (Å²) in [5.41, 5.74) is 0.0538. The second kappa shape index (κ2) is 4.11. The van der Waals surface area contributed by atoms with Crippen LogP contribution in [0.15, 0.2) is 24.3 Å². The summed E-state index contributed by atoms with van der Waals surface area (Å²) in [6, 6.07) is 4.92. The molecule has 0 spiro atoms. The number of carbonyl (C=O) groups excluding carboxylic acids is 1. The monoisotopic (exact) mass is 247 g/mol. The maximum atomic E-state index is 11.4. The molecule has 0 radical (unpaired) electrons. The third-order valence-corrected chi connectivity index (χ3v) is 3.26. The summed E-state index contributed by atoms with van der Waals surface area (Å²) in [5.74, 6) is 0. The first-order valence-corrected chi connectivity index (χ1v) is 7.22. The van der Waals surface area contributed by atoms with Crippen LogP contribution in [-0.2, 0) is 8.96 Å². The van der Waals surface area contributed by atoms with Crippen LogP contribution >= 0.6 is 11.7 Å². The minimum Gasteiger partial charge on any atom is -0.280 e. The van der Waals surface area contributed by atoms with Gasteiger partial charge in [0.15, 0.2) is 0 Å². The molecule has 15 heavy (non-hydrogen) atoms. The van der Waals surface area contributed by atoms with Crippen LogP contribution in [-0.4, -0.2) is 20.5 Å². The van der Waals surface area contributed by atoms with Crippen molar-refractivity contribution in [2.24, 2.45) is 0 Å². The van der Waals surface area contributed by atoms with Crippen LogP contribution in [0, 0.1) is 10.1 Å². The molecule has 0 atom stereocenters. The van der Waals surface area contributed by atoms with Gasteiger partial charge in [0.25, 0.3) is 5.69 Å². The lowest BCUT2D eigenvalue weighted by molar-refractivity contribution is -0.384. The van der Waals surface area contributed by atoms with Gasteiger partial charge in [-0.15, -0.1) is 0 Å². The fraction of sp³-hybridized carbons (Fsp3) is 0.125. The topological polar surface area (TPSA) is 77.3 Å². The molecule has 7 heteroatoms. The zero-order valence-corrected chi connectivity index (χ0v) is 9.57. The van der Waals surface area contributed by atoms with Gasteiger partial charge in [0.05, 0.1) is 4.92 Å². The molecule has 0 saturated heterocycles. The highest BCUT2D eigenvalue weighted by Crippen LogP contribution is 2.17. The van der Waals surface area contributed by atoms with Gasteiger partial charge < -0.3 is 0 Å². The van der Waals surface area contributed by atoms with Gasteiger partial charge in [0.2, 0.25) is 5.12 Å². The van der Waals surface area contributed by atoms with Gasteiger partial charge in [0, 0.05) is 24.0 Å². The van der Waals surface area contributed by atoms with Crippen molar-refractivity contribution in [3.05, 3.63) is 39.9 Å². The normalized spacial score (nSPS) is 12.1. The molecule has 0 heterocycles. The lowest BCUT2D eigenvalue weighted by Gasteiger charge is -2.08. The van der Waals surface area contributed by atoms with Gasteiger partial charge in [-0.1, -0.05) is 11.7 Å². The van der Waals surface area contributed by atoms with Gasteiger partial charge >= 0.3 is 0 Å². The minimum absolute atomic E-state index is 0.114. The van der Waals surface area contributed by atoms with Gasteiger partial charge in [0.1, 0.15) is 0 Å². The predicted octanol–water partition coefficient (Wildman–Crippen LogP) is 1.23. The molecule has 0 aromatic heterocycles. The van der Waals surface area contributed by atoms with Crippen LogP contribution in [0.25, 0.3) is 0 Å². The summed E-state index contributed by atoms with van der Waals surface area (Å²) in [7, 11) is -3.13. The van der Waals surface area contributed by atoms with E-state index in [1.807, 2.05) is 0 Å². The molecule has 0 saturated carbocycles. The van der Waals surface area contributed by atoms with Gasteiger partial charge in [-0.05, 0) is 21.1 Å². The van der Waals surface area contributed by atoms with Crippen molar-refractivity contribution in [3.8, 4) is 0 Å². The first kappa shape index (κ1) is 11.9. The summed E-state index contributed by atoms with van der Waals surface area (Å²) < 4.78 is 11.3. The zero-order chi connectivity index (χ0) is 11.6. The number of hydrogen-bond acceptors (Lipinski definition) is 4. The number of nitro benzene ring substituents is 1. The lowest BCUT2D eigenvalue weighted by atomic mass is 10.2. The molecule has 0 aliphatic rings. The third kappa shape index (κ3) is 2.87. The molecule has 1 aromatic rings. The molecule has 0 N–H and O–H groups in total. The van der Waals surface area contributed by atoms with Crippen LogP contribution in [0.2, 0.25) is 0 Å². The van der Waals surface area contributed by atoms with Crippen molar-refractivity contribution in [2.45, 2.75) is 0 Å². The van der Waals surface area contributed by atoms with E-state index in [9.17, 15) is 19.1 Å². The molecule has 0 aliphatic carbocycles. The van der Waals surface area contributed by atoms with Crippen LogP contribution in [0.5, 0.6) is 0 Å². The number of non-ortho nitro benzene ring substituents is 1. The molecule has 5 nitrogen and oxygen atoms in total. The molecule has 82 valence electrons. The first-order valence-electron chi connectivity index (χ1n) is 3.92. The third-order valence-electron chi connectivity index (χ3n) is 1.70. The van der Waals surface area contributed by atoms with E-state index in [-0.39, 0.29) is 11.3 Å². The first-order chi connectivity index (χ1) is 6.82. The van der Waals surface area contributed by atoms with E-state index in [0.717, 1.165) is 0 Å². The summed E-state index contributed by atoms with van der Waals surface area (Å²) in [6.07, 6.45) is 1.24. The number of nitro groups is 1. The molecular weight excluding hydrogens is 238 g/mol. The molecule has 1 rings (SSSR count). The summed E-state index contributed by atoms with van der Waals surface area (Å²) in [4.78, 5) is 21.2. The number of benzene rings is 1. The van der Waals surface area contributed by atoms with Crippen LogP contribution in [0.3, 0.4) is 0 Å². The number of carbonyl (C=O) groups is 1. The molecule has 1 aromatic carbocycles. The summed E-state index contributed by atoms with van der Waals surface area (Å²) in [5, 5.41) is 9.73. The van der Waals surface area contributed by atoms with E-state index in [1.165, 1.54) is 30.5 Å². The Bertz CT molecular complexity index is 448. The fourth-order valence-electron chi connectivity index (χ4n) is 0.965. The van der Waals surface area contributed by atoms with Gasteiger partial charge in [-0.2, -0.15) is 0 Å². The molecule has 0 unspecified atom stereocenters. The predicted molar refractivity (Wildman–Crippen MR) is 61.9 cm³/mol. The zero-order valence-electron chi connectivity index (χ0n) is 7.78. The maximum absolute atomic E-state index is 11.4. The second-order valence-corrected chi connectivity index (χ2v) is 7.44. The van der Waals surface area contributed by atoms with E-state index in [2.05, 4.69) is 11.7 Å². The maximum Gasteiger partial charge on any atom is 0.269 e. The van der Waals surface area contributed by atoms with Crippen LogP contribution in [0.1, 0.15) is 10.4 Å². The van der Waals surface area contributed by atoms with E-state index in [4.69, 9.17) is 0 Å². The Morgan fingerprint density at radius 1 is 1.40 bits per heavy atom. The molecule has 0 bridgehead atoms. The molecule has 0 amide bonds. The standard InChI is InChI=1S/C8H9NO4S2/c1-15(13,14)8(10)6-2-4-7(5-3-6)9(11)12/h2-5,15H,1H3,(H,13,14). The van der Waals surface area contributed by atoms with E-state index in [0.29, 0.717) is 0 Å². The van der Waals surface area contributed by atoms with Crippen molar-refractivity contribution in [1.82, 2.24) is 0 Å². The number of nitrogens with zero attached hydrogens (tertiary/aromatic N) is 1. The Labute approximate surface area is 91.9 Å². The van der Waals surface area contributed by atoms with Crippen LogP contribution in [0.4, 0.5) is 5.69 Å². The fourth-order valence-corrected chi connectivity index (χ4v) is 1.94. The molecule has 0 aliphatic heterocycles. The summed E-state index contributed by atoms with van der Waals surface area (Å²) >= 11 is 3.70. The number of thiol groups is 2. The molecular formula is C8H9NO4S2. The largest absolute Gasteiger partial charge is 0.280 e. The Hall–Kier alpha value is -1.21. The van der Waals surface area contributed by atoms with E-state index >= 15 is 0 Å². The Morgan fingerprint density at radius 2 is 1.87 bits per heavy atom. The Morgan fingerprint density at radius 3 is 2.20 bits per heavy atom. The SMILES string of the molecule is C[SH](=O)(S)C(=O)c1ccc([N+](=O)[O-])cc1. The Balaban J connectivity index is 3.05. The quantitative estimate of drug-likeness (QED) is 0.356. The number of hydrogen-bond donors (Lipinski definition) is 2. The van der Waals surface area contributed by atoms with Crippen molar-refractivity contribution >= 4 is 31.4 Å². The smallest absolute Gasteiger partial charge is 0.269 e. The van der Waals surface area contributed by atoms with E-state index < -0.39 is 19.0 Å². The highest BCUT2D eigenvalue weighted by atomic mass is 33.1. The molecule has 0 fully saturated rings. The minimum atomic E-state index is -3.13. The summed E-state index contributed by atoms with van der Waals surface area (Å²) in [6.45, 7) is 0. The Kier molecular flexibility index (Phi) is 3.25. The highest BCUT2D eigenvalue weighted by molar-refractivity contribution is 8.75. The van der Waals surface area contributed by atoms with Crippen molar-refractivity contribution in [3.63, 3.8) is 0 Å². The second-order valence-electron chi connectivity index (χ2n) is 2.99. The number of rotatable bonds is 2. The van der Waals surface area contributed by atoms with Gasteiger partial charge in [-0.25, -0.2) is 0 Å². The van der Waals surface area contributed by atoms with Crippen molar-refractivity contribution < 1.29 is 13.9 Å². The average molecular weight is 247 g/mol. The van der Waals surface area contributed by atoms with Crippen molar-refractivity contribution in [1.29, 1.82) is 0 Å². The van der Waals surface area contributed by atoms with Crippen molar-refractivity contribution in [2.75, 3.05) is 6.26 Å². The lowest BCUT2D eigenvalue weighted by Crippen LogP contribution is -2.14. The van der Waals surface area contributed by atoms with Crippen LogP contribution < -0.4 is 0 Å². The van der Waals surface area contributed by atoms with E-state index in [1.54, 1.807) is 0 Å².